The molecule has 0 spiro atoms. The number of anilines is 2. The molecule has 1 unspecified atom stereocenters. The molecule has 0 saturated carbocycles. The summed E-state index contributed by atoms with van der Waals surface area (Å²) in [6.45, 7) is 3.98. The van der Waals surface area contributed by atoms with E-state index in [1.54, 1.807) is 7.11 Å². The quantitative estimate of drug-likeness (QED) is 0.924. The smallest absolute Gasteiger partial charge is 0.265 e. The molecule has 1 aliphatic rings. The zero-order chi connectivity index (χ0) is 16.2. The first kappa shape index (κ1) is 16.0. The SMILES string of the molecule is COC1CCCN(c2ccc(NC(=O)c3cc(C)cs3)cc2)C1. The summed E-state index contributed by atoms with van der Waals surface area (Å²) in [6, 6.07) is 9.96. The van der Waals surface area contributed by atoms with Gasteiger partial charge in [0.15, 0.2) is 0 Å². The van der Waals surface area contributed by atoms with Crippen LogP contribution in [0.15, 0.2) is 35.7 Å². The highest BCUT2D eigenvalue weighted by Gasteiger charge is 2.19. The van der Waals surface area contributed by atoms with Gasteiger partial charge in [-0.25, -0.2) is 0 Å². The maximum atomic E-state index is 12.2. The lowest BCUT2D eigenvalue weighted by atomic mass is 10.1. The van der Waals surface area contributed by atoms with Crippen LogP contribution in [-0.2, 0) is 4.74 Å². The highest BCUT2D eigenvalue weighted by molar-refractivity contribution is 7.12. The predicted octanol–water partition coefficient (Wildman–Crippen LogP) is 3.92. The van der Waals surface area contributed by atoms with Crippen LogP contribution in [0.1, 0.15) is 28.1 Å². The van der Waals surface area contributed by atoms with Crippen LogP contribution in [0.25, 0.3) is 0 Å². The van der Waals surface area contributed by atoms with E-state index in [9.17, 15) is 4.79 Å². The summed E-state index contributed by atoms with van der Waals surface area (Å²) in [4.78, 5) is 15.2. The van der Waals surface area contributed by atoms with Crippen LogP contribution in [0.2, 0.25) is 0 Å². The second kappa shape index (κ2) is 7.15. The third-order valence-electron chi connectivity index (χ3n) is 4.16. The van der Waals surface area contributed by atoms with E-state index < -0.39 is 0 Å². The third kappa shape index (κ3) is 3.92. The number of ether oxygens (including phenoxy) is 1. The van der Waals surface area contributed by atoms with Gasteiger partial charge in [0, 0.05) is 31.6 Å². The summed E-state index contributed by atoms with van der Waals surface area (Å²) >= 11 is 1.47. The Bertz CT molecular complexity index is 666. The Hall–Kier alpha value is -1.85. The van der Waals surface area contributed by atoms with Crippen molar-refractivity contribution in [1.29, 1.82) is 0 Å². The Labute approximate surface area is 141 Å². The van der Waals surface area contributed by atoms with Crippen LogP contribution in [0, 0.1) is 6.92 Å². The highest BCUT2D eigenvalue weighted by Crippen LogP contribution is 2.23. The molecule has 1 N–H and O–H groups in total. The number of nitrogens with zero attached hydrogens (tertiary/aromatic N) is 1. The van der Waals surface area contributed by atoms with Crippen LogP contribution in [0.5, 0.6) is 0 Å². The lowest BCUT2D eigenvalue weighted by molar-refractivity contribution is 0.0893. The van der Waals surface area contributed by atoms with Gasteiger partial charge in [-0.1, -0.05) is 0 Å². The van der Waals surface area contributed by atoms with Crippen molar-refractivity contribution in [3.63, 3.8) is 0 Å². The second-order valence-corrected chi connectivity index (χ2v) is 6.85. The summed E-state index contributed by atoms with van der Waals surface area (Å²) < 4.78 is 5.47. The average Bonchev–Trinajstić information content (AvgIpc) is 3.02. The molecule has 2 heterocycles. The zero-order valence-electron chi connectivity index (χ0n) is 13.5. The lowest BCUT2D eigenvalue weighted by Crippen LogP contribution is -2.39. The number of thiophene rings is 1. The number of piperidine rings is 1. The topological polar surface area (TPSA) is 41.6 Å². The fraction of sp³-hybridized carbons (Fsp3) is 0.389. The van der Waals surface area contributed by atoms with Crippen molar-refractivity contribution < 1.29 is 9.53 Å². The largest absolute Gasteiger partial charge is 0.380 e. The fourth-order valence-electron chi connectivity index (χ4n) is 2.86. The number of aryl methyl sites for hydroxylation is 1. The Balaban J connectivity index is 1.64. The van der Waals surface area contributed by atoms with Crippen LogP contribution < -0.4 is 10.2 Å². The Kier molecular flexibility index (Phi) is 4.98. The monoisotopic (exact) mass is 330 g/mol. The first-order valence-electron chi connectivity index (χ1n) is 7.90. The van der Waals surface area contributed by atoms with Crippen molar-refractivity contribution in [3.8, 4) is 0 Å². The normalized spacial score (nSPS) is 18.0. The average molecular weight is 330 g/mol. The highest BCUT2D eigenvalue weighted by atomic mass is 32.1. The molecule has 1 atom stereocenters. The van der Waals surface area contributed by atoms with Gasteiger partial charge in [-0.3, -0.25) is 4.79 Å². The van der Waals surface area contributed by atoms with Gasteiger partial charge in [0.25, 0.3) is 5.91 Å². The number of hydrogen-bond acceptors (Lipinski definition) is 4. The molecule has 0 bridgehead atoms. The maximum Gasteiger partial charge on any atom is 0.265 e. The first-order chi connectivity index (χ1) is 11.2. The van der Waals surface area contributed by atoms with E-state index >= 15 is 0 Å². The standard InChI is InChI=1S/C18H22N2O2S/c1-13-10-17(23-12-13)18(21)19-14-5-7-15(8-6-14)20-9-3-4-16(11-20)22-2/h5-8,10,12,16H,3-4,9,11H2,1-2H3,(H,19,21). The Morgan fingerprint density at radius 2 is 2.13 bits per heavy atom. The molecule has 1 aromatic carbocycles. The van der Waals surface area contributed by atoms with E-state index in [2.05, 4.69) is 22.3 Å². The van der Waals surface area contributed by atoms with Gasteiger partial charge < -0.3 is 15.0 Å². The van der Waals surface area contributed by atoms with Gasteiger partial charge in [-0.15, -0.1) is 11.3 Å². The van der Waals surface area contributed by atoms with Crippen molar-refractivity contribution in [2.75, 3.05) is 30.4 Å². The second-order valence-electron chi connectivity index (χ2n) is 5.94. The fourth-order valence-corrected chi connectivity index (χ4v) is 3.66. The number of methoxy groups -OCH3 is 1. The van der Waals surface area contributed by atoms with Gasteiger partial charge in [-0.2, -0.15) is 0 Å². The summed E-state index contributed by atoms with van der Waals surface area (Å²) in [5, 5.41) is 4.94. The molecule has 122 valence electrons. The van der Waals surface area contributed by atoms with E-state index in [0.29, 0.717) is 6.10 Å². The predicted molar refractivity (Wildman–Crippen MR) is 95.7 cm³/mol. The van der Waals surface area contributed by atoms with Crippen molar-refractivity contribution in [3.05, 3.63) is 46.2 Å². The Morgan fingerprint density at radius 1 is 1.35 bits per heavy atom. The summed E-state index contributed by atoms with van der Waals surface area (Å²) in [5.41, 5.74) is 3.12. The molecule has 1 aromatic heterocycles. The summed E-state index contributed by atoms with van der Waals surface area (Å²) in [6.07, 6.45) is 2.58. The molecule has 0 aliphatic carbocycles. The molecule has 1 aliphatic heterocycles. The molecular weight excluding hydrogens is 308 g/mol. The van der Waals surface area contributed by atoms with Gasteiger partial charge in [0.1, 0.15) is 0 Å². The maximum absolute atomic E-state index is 12.2. The minimum absolute atomic E-state index is 0.0479. The number of carbonyl (C=O) groups excluding carboxylic acids is 1. The molecular formula is C18H22N2O2S. The van der Waals surface area contributed by atoms with Crippen LogP contribution in [0.4, 0.5) is 11.4 Å². The van der Waals surface area contributed by atoms with E-state index in [1.165, 1.54) is 17.0 Å². The Morgan fingerprint density at radius 3 is 2.78 bits per heavy atom. The molecule has 5 heteroatoms. The van der Waals surface area contributed by atoms with Crippen molar-refractivity contribution in [1.82, 2.24) is 0 Å². The van der Waals surface area contributed by atoms with Gasteiger partial charge in [-0.05, 0) is 61.0 Å². The van der Waals surface area contributed by atoms with E-state index in [0.717, 1.165) is 42.1 Å². The van der Waals surface area contributed by atoms with E-state index in [4.69, 9.17) is 4.74 Å². The van der Waals surface area contributed by atoms with Crippen molar-refractivity contribution in [2.24, 2.45) is 0 Å². The molecule has 1 fully saturated rings. The number of hydrogen-bond donors (Lipinski definition) is 1. The summed E-state index contributed by atoms with van der Waals surface area (Å²) in [5.74, 6) is -0.0479. The molecule has 0 radical (unpaired) electrons. The molecule has 4 nitrogen and oxygen atoms in total. The first-order valence-corrected chi connectivity index (χ1v) is 8.78. The van der Waals surface area contributed by atoms with Gasteiger partial charge in [0.2, 0.25) is 0 Å². The molecule has 1 saturated heterocycles. The molecule has 23 heavy (non-hydrogen) atoms. The number of amides is 1. The van der Waals surface area contributed by atoms with Crippen LogP contribution in [0.3, 0.4) is 0 Å². The number of carbonyl (C=O) groups is 1. The van der Waals surface area contributed by atoms with Gasteiger partial charge >= 0.3 is 0 Å². The lowest BCUT2D eigenvalue weighted by Gasteiger charge is -2.33. The minimum Gasteiger partial charge on any atom is -0.380 e. The molecule has 1 amide bonds. The summed E-state index contributed by atoms with van der Waals surface area (Å²) in [7, 11) is 1.78. The van der Waals surface area contributed by atoms with Crippen molar-refractivity contribution >= 4 is 28.6 Å². The number of nitrogens with one attached hydrogen (secondary N) is 1. The molecule has 2 aromatic rings. The van der Waals surface area contributed by atoms with Gasteiger partial charge in [0.05, 0.1) is 11.0 Å². The van der Waals surface area contributed by atoms with Crippen LogP contribution >= 0.6 is 11.3 Å². The zero-order valence-corrected chi connectivity index (χ0v) is 14.4. The van der Waals surface area contributed by atoms with Crippen molar-refractivity contribution in [2.45, 2.75) is 25.9 Å². The minimum atomic E-state index is -0.0479. The van der Waals surface area contributed by atoms with E-state index in [1.807, 2.05) is 30.5 Å². The van der Waals surface area contributed by atoms with E-state index in [-0.39, 0.29) is 5.91 Å². The third-order valence-corrected chi connectivity index (χ3v) is 5.20. The van der Waals surface area contributed by atoms with Crippen LogP contribution in [-0.4, -0.2) is 32.2 Å². The number of benzene rings is 1. The number of rotatable bonds is 4. The molecule has 3 rings (SSSR count).